The molecule has 1 aromatic heterocycles. The number of thiazole rings is 1. The summed E-state index contributed by atoms with van der Waals surface area (Å²) < 4.78 is 1.93. The van der Waals surface area contributed by atoms with Crippen LogP contribution in [0, 0.1) is 34.5 Å². The van der Waals surface area contributed by atoms with Gasteiger partial charge in [-0.2, -0.15) is 0 Å². The number of Topliss-reactive ketones (excluding diaryl/α,β-unsaturated/α-hetero) is 1. The number of carbonyl (C=O) groups is 2. The van der Waals surface area contributed by atoms with Gasteiger partial charge >= 0.3 is 0 Å². The lowest BCUT2D eigenvalue weighted by Crippen LogP contribution is -2.62. The fraction of sp³-hybridized carbons (Fsp3) is 0.552. The third-order valence-electron chi connectivity index (χ3n) is 10.0. The van der Waals surface area contributed by atoms with Crippen LogP contribution in [0.2, 0.25) is 0 Å². The number of ketones is 2. The van der Waals surface area contributed by atoms with E-state index in [-0.39, 0.29) is 46.4 Å². The van der Waals surface area contributed by atoms with Gasteiger partial charge in [0.1, 0.15) is 5.60 Å². The van der Waals surface area contributed by atoms with E-state index in [9.17, 15) is 19.8 Å². The molecule has 8 atom stereocenters. The second kappa shape index (κ2) is 8.35. The molecule has 7 heteroatoms. The molecule has 6 unspecified atom stereocenters. The minimum absolute atomic E-state index is 0.0167. The molecular weight excluding hydrogens is 490 g/mol. The maximum atomic E-state index is 13.6. The first kappa shape index (κ1) is 24.5. The summed E-state index contributed by atoms with van der Waals surface area (Å²) in [7, 11) is 0. The molecule has 0 bridgehead atoms. The summed E-state index contributed by atoms with van der Waals surface area (Å²) in [5.74, 6) is 0.590. The maximum absolute atomic E-state index is 13.6. The summed E-state index contributed by atoms with van der Waals surface area (Å²) in [6.45, 7) is 6.36. The smallest absolute Gasteiger partial charge is 0.178 e. The van der Waals surface area contributed by atoms with Crippen LogP contribution in [0.5, 0.6) is 0 Å². The van der Waals surface area contributed by atoms with E-state index in [1.54, 1.807) is 23.5 Å². The Morgan fingerprint density at radius 2 is 2.06 bits per heavy atom. The average Bonchev–Trinajstić information content (AvgIpc) is 3.37. The van der Waals surface area contributed by atoms with Gasteiger partial charge in [0, 0.05) is 16.7 Å². The van der Waals surface area contributed by atoms with Gasteiger partial charge < -0.3 is 10.2 Å². The zero-order valence-corrected chi connectivity index (χ0v) is 22.6. The summed E-state index contributed by atoms with van der Waals surface area (Å²) in [6.07, 6.45) is 7.26. The molecule has 2 aromatic rings. The predicted molar refractivity (Wildman–Crippen MR) is 143 cm³/mol. The molecular formula is C29H33NO4S2. The predicted octanol–water partition coefficient (Wildman–Crippen LogP) is 5.21. The van der Waals surface area contributed by atoms with E-state index in [0.717, 1.165) is 33.0 Å². The minimum Gasteiger partial charge on any atom is -0.393 e. The number of aliphatic hydroxyl groups excluding tert-OH is 1. The lowest BCUT2D eigenvalue weighted by atomic mass is 9.45. The fourth-order valence-corrected chi connectivity index (χ4v) is 10.4. The Kier molecular flexibility index (Phi) is 5.69. The number of hydrogen-bond acceptors (Lipinski definition) is 7. The SMILES string of the molecule is C[C@H]1CC2C(C(O)CC3(C)C2CC[C@]3(O)C(=O)CSc2nc3ccccc3s2)C2(C)C=CC(=O)C=C12. The number of para-hydroxylation sites is 1. The third-order valence-corrected chi connectivity index (χ3v) is 12.2. The van der Waals surface area contributed by atoms with Crippen LogP contribution in [0.4, 0.5) is 0 Å². The highest BCUT2D eigenvalue weighted by Crippen LogP contribution is 2.67. The van der Waals surface area contributed by atoms with Gasteiger partial charge in [-0.3, -0.25) is 9.59 Å². The monoisotopic (exact) mass is 523 g/mol. The average molecular weight is 524 g/mol. The van der Waals surface area contributed by atoms with Gasteiger partial charge in [-0.15, -0.1) is 11.3 Å². The van der Waals surface area contributed by atoms with E-state index >= 15 is 0 Å². The molecule has 3 saturated carbocycles. The number of thioether (sulfide) groups is 1. The molecule has 1 aromatic carbocycles. The quantitative estimate of drug-likeness (QED) is 0.535. The zero-order valence-electron chi connectivity index (χ0n) is 20.9. The van der Waals surface area contributed by atoms with Crippen molar-refractivity contribution in [2.45, 2.75) is 62.5 Å². The molecule has 3 fully saturated rings. The van der Waals surface area contributed by atoms with E-state index < -0.39 is 17.1 Å². The molecule has 0 aliphatic heterocycles. The van der Waals surface area contributed by atoms with Crippen molar-refractivity contribution in [3.05, 3.63) is 48.1 Å². The Bertz CT molecular complexity index is 1280. The normalized spacial score (nSPS) is 41.5. The van der Waals surface area contributed by atoms with Crippen molar-refractivity contribution in [3.8, 4) is 0 Å². The van der Waals surface area contributed by atoms with Gasteiger partial charge in [0.2, 0.25) is 0 Å². The molecule has 0 spiro atoms. The van der Waals surface area contributed by atoms with E-state index in [2.05, 4.69) is 18.8 Å². The standard InChI is InChI=1S/C29H33NO4S2/c1-16-12-18-19-9-11-29(34,24(33)15-35-26-30-21-6-4-5-7-23(21)36-26)28(19,3)14-22(32)25(18)27(2)10-8-17(31)13-20(16)27/h4-8,10,13,16,18-19,22,25,32,34H,9,11-12,14-15H2,1-3H3/t16-,18?,19?,22?,25?,27?,28?,29-/m0/s1. The number of nitrogens with zero attached hydrogens (tertiary/aromatic N) is 1. The first-order valence-electron chi connectivity index (χ1n) is 12.9. The molecule has 0 saturated heterocycles. The Labute approximate surface area is 220 Å². The highest BCUT2D eigenvalue weighted by molar-refractivity contribution is 8.01. The molecule has 4 aliphatic rings. The van der Waals surface area contributed by atoms with Crippen molar-refractivity contribution >= 4 is 44.9 Å². The van der Waals surface area contributed by atoms with E-state index in [0.29, 0.717) is 12.8 Å². The molecule has 4 aliphatic carbocycles. The third kappa shape index (κ3) is 3.39. The Morgan fingerprint density at radius 3 is 2.83 bits per heavy atom. The van der Waals surface area contributed by atoms with Crippen molar-refractivity contribution in [1.82, 2.24) is 4.98 Å². The molecule has 1 heterocycles. The number of aromatic nitrogens is 1. The highest BCUT2D eigenvalue weighted by Gasteiger charge is 2.68. The van der Waals surface area contributed by atoms with Crippen LogP contribution in [0.15, 0.2) is 52.4 Å². The Hall–Kier alpha value is -1.80. The van der Waals surface area contributed by atoms with Crippen molar-refractivity contribution in [2.75, 3.05) is 5.75 Å². The van der Waals surface area contributed by atoms with E-state index in [1.165, 1.54) is 11.8 Å². The van der Waals surface area contributed by atoms with Crippen LogP contribution in [0.3, 0.4) is 0 Å². The number of allylic oxidation sites excluding steroid dienone is 4. The first-order valence-corrected chi connectivity index (χ1v) is 14.7. The first-order chi connectivity index (χ1) is 17.1. The largest absolute Gasteiger partial charge is 0.393 e. The molecule has 0 amide bonds. The lowest BCUT2D eigenvalue weighted by Gasteiger charge is -2.60. The molecule has 6 rings (SSSR count). The topological polar surface area (TPSA) is 87.5 Å². The summed E-state index contributed by atoms with van der Waals surface area (Å²) in [5, 5.41) is 23.6. The molecule has 2 N–H and O–H groups in total. The molecule has 5 nitrogen and oxygen atoms in total. The van der Waals surface area contributed by atoms with Crippen LogP contribution in [0.25, 0.3) is 10.2 Å². The van der Waals surface area contributed by atoms with Crippen molar-refractivity contribution in [2.24, 2.45) is 34.5 Å². The maximum Gasteiger partial charge on any atom is 0.178 e. The van der Waals surface area contributed by atoms with Crippen molar-refractivity contribution in [1.29, 1.82) is 0 Å². The fourth-order valence-electron chi connectivity index (χ4n) is 8.37. The number of aliphatic hydroxyl groups is 2. The minimum atomic E-state index is -1.45. The lowest BCUT2D eigenvalue weighted by molar-refractivity contribution is -0.176. The van der Waals surface area contributed by atoms with Gasteiger partial charge in [-0.1, -0.05) is 56.3 Å². The van der Waals surface area contributed by atoms with Crippen LogP contribution in [-0.4, -0.2) is 44.2 Å². The van der Waals surface area contributed by atoms with Gasteiger partial charge in [-0.25, -0.2) is 4.98 Å². The Morgan fingerprint density at radius 1 is 1.28 bits per heavy atom. The molecule has 0 radical (unpaired) electrons. The molecule has 36 heavy (non-hydrogen) atoms. The summed E-state index contributed by atoms with van der Waals surface area (Å²) >= 11 is 2.97. The van der Waals surface area contributed by atoms with Crippen LogP contribution in [-0.2, 0) is 9.59 Å². The summed E-state index contributed by atoms with van der Waals surface area (Å²) in [5.41, 5.74) is -0.451. The number of fused-ring (bicyclic) bond motifs is 6. The van der Waals surface area contributed by atoms with Crippen molar-refractivity contribution in [3.63, 3.8) is 0 Å². The van der Waals surface area contributed by atoms with E-state index in [4.69, 9.17) is 0 Å². The number of hydrogen-bond donors (Lipinski definition) is 2. The van der Waals surface area contributed by atoms with Crippen LogP contribution in [0.1, 0.15) is 46.5 Å². The van der Waals surface area contributed by atoms with Crippen LogP contribution >= 0.6 is 23.1 Å². The highest BCUT2D eigenvalue weighted by atomic mass is 32.2. The number of benzene rings is 1. The van der Waals surface area contributed by atoms with Gasteiger partial charge in [0.05, 0.1) is 22.1 Å². The number of carbonyl (C=O) groups excluding carboxylic acids is 2. The molecule has 190 valence electrons. The Balaban J connectivity index is 1.26. The second-order valence-corrected chi connectivity index (χ2v) is 14.1. The van der Waals surface area contributed by atoms with Gasteiger partial charge in [0.15, 0.2) is 15.9 Å². The van der Waals surface area contributed by atoms with E-state index in [1.807, 2.05) is 37.3 Å². The number of rotatable bonds is 4. The second-order valence-electron chi connectivity index (χ2n) is 11.8. The van der Waals surface area contributed by atoms with Gasteiger partial charge in [0.25, 0.3) is 0 Å². The van der Waals surface area contributed by atoms with Crippen LogP contribution < -0.4 is 0 Å². The zero-order chi connectivity index (χ0) is 25.5. The summed E-state index contributed by atoms with van der Waals surface area (Å²) in [6, 6.07) is 7.93. The van der Waals surface area contributed by atoms with Gasteiger partial charge in [-0.05, 0) is 67.7 Å². The van der Waals surface area contributed by atoms with Crippen molar-refractivity contribution < 1.29 is 19.8 Å². The summed E-state index contributed by atoms with van der Waals surface area (Å²) in [4.78, 5) is 30.4.